The van der Waals surface area contributed by atoms with E-state index in [0.29, 0.717) is 17.2 Å². The van der Waals surface area contributed by atoms with E-state index < -0.39 is 0 Å². The van der Waals surface area contributed by atoms with Crippen LogP contribution < -0.4 is 10.1 Å². The molecule has 0 fully saturated rings. The third-order valence-electron chi connectivity index (χ3n) is 4.01. The molecule has 3 aromatic rings. The highest BCUT2D eigenvalue weighted by Crippen LogP contribution is 2.17. The lowest BCUT2D eigenvalue weighted by Crippen LogP contribution is -2.26. The van der Waals surface area contributed by atoms with E-state index >= 15 is 0 Å². The summed E-state index contributed by atoms with van der Waals surface area (Å²) in [5.41, 5.74) is 1.25. The predicted molar refractivity (Wildman–Crippen MR) is 104 cm³/mol. The SMILES string of the molecule is COc1ccc(CN(C)C(=O)c2cc(NC(=O)c3cccs3)n(C)n2)cc1. The highest BCUT2D eigenvalue weighted by molar-refractivity contribution is 7.12. The summed E-state index contributed by atoms with van der Waals surface area (Å²) in [5.74, 6) is 0.787. The molecule has 1 aromatic carbocycles. The first kappa shape index (κ1) is 18.7. The van der Waals surface area contributed by atoms with Crippen molar-refractivity contribution in [2.24, 2.45) is 7.05 Å². The van der Waals surface area contributed by atoms with Crippen LogP contribution in [0.25, 0.3) is 0 Å². The number of carbonyl (C=O) groups excluding carboxylic acids is 2. The number of nitrogens with zero attached hydrogens (tertiary/aromatic N) is 3. The van der Waals surface area contributed by atoms with Gasteiger partial charge in [0.15, 0.2) is 5.69 Å². The predicted octanol–water partition coefficient (Wildman–Crippen LogP) is 3.01. The second kappa shape index (κ2) is 8.05. The summed E-state index contributed by atoms with van der Waals surface area (Å²) in [5, 5.41) is 8.84. The Balaban J connectivity index is 1.68. The fourth-order valence-electron chi connectivity index (χ4n) is 2.55. The van der Waals surface area contributed by atoms with Crippen LogP contribution in [0.3, 0.4) is 0 Å². The molecule has 2 amide bonds. The van der Waals surface area contributed by atoms with Gasteiger partial charge in [-0.3, -0.25) is 14.3 Å². The van der Waals surface area contributed by atoms with Crippen molar-refractivity contribution in [3.05, 3.63) is 64.0 Å². The number of aryl methyl sites for hydroxylation is 1. The minimum Gasteiger partial charge on any atom is -0.497 e. The van der Waals surface area contributed by atoms with Gasteiger partial charge in [-0.25, -0.2) is 0 Å². The van der Waals surface area contributed by atoms with Crippen molar-refractivity contribution in [2.45, 2.75) is 6.54 Å². The van der Waals surface area contributed by atoms with Crippen molar-refractivity contribution >= 4 is 29.0 Å². The van der Waals surface area contributed by atoms with Gasteiger partial charge in [0.05, 0.1) is 12.0 Å². The molecular formula is C19H20N4O3S. The monoisotopic (exact) mass is 384 g/mol. The van der Waals surface area contributed by atoms with Crippen molar-refractivity contribution in [1.29, 1.82) is 0 Å². The Bertz CT molecular complexity index is 933. The Kier molecular flexibility index (Phi) is 5.56. The average molecular weight is 384 g/mol. The summed E-state index contributed by atoms with van der Waals surface area (Å²) in [7, 11) is 5.01. The molecule has 2 heterocycles. The van der Waals surface area contributed by atoms with Crippen LogP contribution in [0, 0.1) is 0 Å². The van der Waals surface area contributed by atoms with Gasteiger partial charge < -0.3 is 15.0 Å². The standard InChI is InChI=1S/C19H20N4O3S/c1-22(12-13-6-8-14(26-3)9-7-13)19(25)15-11-17(23(2)21-15)20-18(24)16-5-4-10-27-16/h4-11H,12H2,1-3H3,(H,20,24). The molecule has 0 saturated heterocycles. The maximum atomic E-state index is 12.7. The van der Waals surface area contributed by atoms with Gasteiger partial charge in [-0.05, 0) is 29.1 Å². The van der Waals surface area contributed by atoms with Crippen LogP contribution in [0.2, 0.25) is 0 Å². The number of hydrogen-bond donors (Lipinski definition) is 1. The largest absolute Gasteiger partial charge is 0.497 e. The second-order valence-electron chi connectivity index (χ2n) is 5.98. The van der Waals surface area contributed by atoms with Crippen LogP contribution in [0.1, 0.15) is 25.7 Å². The summed E-state index contributed by atoms with van der Waals surface area (Å²) < 4.78 is 6.62. The van der Waals surface area contributed by atoms with Crippen LogP contribution in [0.4, 0.5) is 5.82 Å². The number of aromatic nitrogens is 2. The Morgan fingerprint density at radius 1 is 1.26 bits per heavy atom. The zero-order valence-electron chi connectivity index (χ0n) is 15.3. The summed E-state index contributed by atoms with van der Waals surface area (Å²) in [6.07, 6.45) is 0. The van der Waals surface area contributed by atoms with Crippen LogP contribution in [-0.2, 0) is 13.6 Å². The van der Waals surface area contributed by atoms with Crippen molar-refractivity contribution in [3.8, 4) is 5.75 Å². The molecule has 0 unspecified atom stereocenters. The Morgan fingerprint density at radius 2 is 2.00 bits per heavy atom. The molecule has 8 heteroatoms. The number of amides is 2. The number of rotatable bonds is 6. The normalized spacial score (nSPS) is 10.5. The van der Waals surface area contributed by atoms with E-state index in [4.69, 9.17) is 4.74 Å². The van der Waals surface area contributed by atoms with E-state index in [1.54, 1.807) is 38.2 Å². The lowest BCUT2D eigenvalue weighted by molar-refractivity contribution is 0.0778. The molecule has 0 spiro atoms. The second-order valence-corrected chi connectivity index (χ2v) is 6.93. The number of thiophene rings is 1. The summed E-state index contributed by atoms with van der Waals surface area (Å²) in [6, 6.07) is 12.7. The lowest BCUT2D eigenvalue weighted by Gasteiger charge is -2.16. The molecule has 140 valence electrons. The maximum Gasteiger partial charge on any atom is 0.274 e. The number of nitrogens with one attached hydrogen (secondary N) is 1. The van der Waals surface area contributed by atoms with Crippen molar-refractivity contribution in [1.82, 2.24) is 14.7 Å². The van der Waals surface area contributed by atoms with E-state index in [1.807, 2.05) is 35.7 Å². The third-order valence-corrected chi connectivity index (χ3v) is 4.88. The molecule has 0 aliphatic rings. The zero-order valence-corrected chi connectivity index (χ0v) is 16.1. The van der Waals surface area contributed by atoms with E-state index in [0.717, 1.165) is 11.3 Å². The number of methoxy groups -OCH3 is 1. The summed E-state index contributed by atoms with van der Waals surface area (Å²) >= 11 is 1.35. The van der Waals surface area contributed by atoms with Crippen LogP contribution >= 0.6 is 11.3 Å². The number of benzene rings is 1. The molecule has 27 heavy (non-hydrogen) atoms. The summed E-state index contributed by atoms with van der Waals surface area (Å²) in [6.45, 7) is 0.441. The lowest BCUT2D eigenvalue weighted by atomic mass is 10.2. The average Bonchev–Trinajstić information content (AvgIpc) is 3.32. The fraction of sp³-hybridized carbons (Fsp3) is 0.211. The van der Waals surface area contributed by atoms with Crippen molar-refractivity contribution < 1.29 is 14.3 Å². The number of carbonyl (C=O) groups is 2. The van der Waals surface area contributed by atoms with Crippen LogP contribution in [0.15, 0.2) is 47.8 Å². The molecular weight excluding hydrogens is 364 g/mol. The molecule has 0 bridgehead atoms. The number of ether oxygens (including phenoxy) is 1. The van der Waals surface area contributed by atoms with Crippen molar-refractivity contribution in [3.63, 3.8) is 0 Å². The topological polar surface area (TPSA) is 76.5 Å². The van der Waals surface area contributed by atoms with Gasteiger partial charge in [0.2, 0.25) is 0 Å². The zero-order chi connectivity index (χ0) is 19.4. The molecule has 1 N–H and O–H groups in total. The van der Waals surface area contributed by atoms with Gasteiger partial charge in [0.25, 0.3) is 11.8 Å². The molecule has 0 aliphatic carbocycles. The molecule has 0 radical (unpaired) electrons. The van der Waals surface area contributed by atoms with Crippen LogP contribution in [0.5, 0.6) is 5.75 Å². The third kappa shape index (κ3) is 4.35. The minimum absolute atomic E-state index is 0.224. The Morgan fingerprint density at radius 3 is 2.63 bits per heavy atom. The van der Waals surface area contributed by atoms with Gasteiger partial charge in [0, 0.05) is 26.7 Å². The minimum atomic E-state index is -0.224. The smallest absolute Gasteiger partial charge is 0.274 e. The highest BCUT2D eigenvalue weighted by atomic mass is 32.1. The molecule has 2 aromatic heterocycles. The van der Waals surface area contributed by atoms with Gasteiger partial charge in [-0.1, -0.05) is 18.2 Å². The van der Waals surface area contributed by atoms with Gasteiger partial charge in [-0.15, -0.1) is 11.3 Å². The summed E-state index contributed by atoms with van der Waals surface area (Å²) in [4.78, 5) is 27.0. The highest BCUT2D eigenvalue weighted by Gasteiger charge is 2.19. The van der Waals surface area contributed by atoms with E-state index in [9.17, 15) is 9.59 Å². The van der Waals surface area contributed by atoms with Gasteiger partial charge in [0.1, 0.15) is 11.6 Å². The van der Waals surface area contributed by atoms with E-state index in [-0.39, 0.29) is 17.5 Å². The number of hydrogen-bond acceptors (Lipinski definition) is 5. The fourth-order valence-corrected chi connectivity index (χ4v) is 3.17. The first-order valence-corrected chi connectivity index (χ1v) is 9.13. The molecule has 0 aliphatic heterocycles. The Labute approximate surface area is 161 Å². The van der Waals surface area contributed by atoms with Crippen molar-refractivity contribution in [2.75, 3.05) is 19.5 Å². The molecule has 3 rings (SSSR count). The molecule has 0 atom stereocenters. The number of anilines is 1. The van der Waals surface area contributed by atoms with Gasteiger partial charge in [-0.2, -0.15) is 5.10 Å². The first-order valence-electron chi connectivity index (χ1n) is 8.25. The van der Waals surface area contributed by atoms with Gasteiger partial charge >= 0.3 is 0 Å². The maximum absolute atomic E-state index is 12.7. The molecule has 7 nitrogen and oxygen atoms in total. The van der Waals surface area contributed by atoms with E-state index in [2.05, 4.69) is 10.4 Å². The van der Waals surface area contributed by atoms with Crippen LogP contribution in [-0.4, -0.2) is 40.7 Å². The first-order chi connectivity index (χ1) is 13.0. The molecule has 0 saturated carbocycles. The Hall–Kier alpha value is -3.13. The quantitative estimate of drug-likeness (QED) is 0.709. The van der Waals surface area contributed by atoms with E-state index in [1.165, 1.54) is 16.0 Å².